The molecule has 0 spiro atoms. The fourth-order valence-corrected chi connectivity index (χ4v) is 3.60. The van der Waals surface area contributed by atoms with Gasteiger partial charge in [-0.2, -0.15) is 0 Å². The van der Waals surface area contributed by atoms with Crippen molar-refractivity contribution in [3.63, 3.8) is 0 Å². The van der Waals surface area contributed by atoms with Crippen molar-refractivity contribution in [2.24, 2.45) is 0 Å². The Morgan fingerprint density at radius 3 is 2.32 bits per heavy atom. The molecule has 3 rings (SSSR count). The molecule has 0 saturated heterocycles. The molecule has 1 N–H and O–H groups in total. The lowest BCUT2D eigenvalue weighted by molar-refractivity contribution is -0.384. The zero-order valence-electron chi connectivity index (χ0n) is 13.4. The van der Waals surface area contributed by atoms with Gasteiger partial charge < -0.3 is 5.32 Å². The van der Waals surface area contributed by atoms with Crippen LogP contribution < -0.4 is 5.32 Å². The lowest BCUT2D eigenvalue weighted by Crippen LogP contribution is -2.51. The molecule has 0 radical (unpaired) electrons. The van der Waals surface area contributed by atoms with Gasteiger partial charge in [-0.1, -0.05) is 12.1 Å². The number of nitro groups is 1. The molecule has 1 fully saturated rings. The van der Waals surface area contributed by atoms with Crippen LogP contribution in [-0.4, -0.2) is 16.6 Å². The zero-order valence-corrected chi connectivity index (χ0v) is 14.2. The molecule has 1 aliphatic rings. The van der Waals surface area contributed by atoms with E-state index in [1.54, 1.807) is 24.3 Å². The highest BCUT2D eigenvalue weighted by Crippen LogP contribution is 2.41. The van der Waals surface area contributed by atoms with Crippen LogP contribution >= 0.6 is 11.8 Å². The summed E-state index contributed by atoms with van der Waals surface area (Å²) in [5.41, 5.74) is 0.549. The van der Waals surface area contributed by atoms with Gasteiger partial charge in [0.25, 0.3) is 5.69 Å². The molecule has 0 atom stereocenters. The molecule has 0 unspecified atom stereocenters. The summed E-state index contributed by atoms with van der Waals surface area (Å²) in [6.45, 7) is 0. The Hall–Kier alpha value is -2.41. The van der Waals surface area contributed by atoms with Crippen molar-refractivity contribution >= 4 is 23.4 Å². The van der Waals surface area contributed by atoms with Gasteiger partial charge in [0.2, 0.25) is 5.91 Å². The number of benzene rings is 2. The maximum Gasteiger partial charge on any atom is 0.269 e. The van der Waals surface area contributed by atoms with Crippen LogP contribution in [0, 0.1) is 15.9 Å². The zero-order chi connectivity index (χ0) is 17.9. The number of thioether (sulfide) groups is 1. The minimum absolute atomic E-state index is 0.0264. The largest absolute Gasteiger partial charge is 0.346 e. The molecule has 1 aliphatic carbocycles. The van der Waals surface area contributed by atoms with Gasteiger partial charge in [-0.3, -0.25) is 14.9 Å². The highest BCUT2D eigenvalue weighted by molar-refractivity contribution is 8.00. The van der Waals surface area contributed by atoms with Gasteiger partial charge in [-0.15, -0.1) is 11.8 Å². The Kier molecular flexibility index (Phi) is 5.03. The van der Waals surface area contributed by atoms with E-state index in [0.717, 1.165) is 29.7 Å². The van der Waals surface area contributed by atoms with Crippen LogP contribution in [0.25, 0.3) is 0 Å². The third-order valence-electron chi connectivity index (χ3n) is 4.40. The Morgan fingerprint density at radius 2 is 1.80 bits per heavy atom. The number of amides is 1. The van der Waals surface area contributed by atoms with E-state index in [4.69, 9.17) is 0 Å². The first-order valence-corrected chi connectivity index (χ1v) is 8.91. The lowest BCUT2D eigenvalue weighted by atomic mass is 9.72. The topological polar surface area (TPSA) is 72.2 Å². The predicted molar refractivity (Wildman–Crippen MR) is 93.9 cm³/mol. The Labute approximate surface area is 148 Å². The van der Waals surface area contributed by atoms with E-state index in [2.05, 4.69) is 5.32 Å². The van der Waals surface area contributed by atoms with Crippen LogP contribution in [0.2, 0.25) is 0 Å². The van der Waals surface area contributed by atoms with Gasteiger partial charge >= 0.3 is 0 Å². The Balaban J connectivity index is 1.59. The van der Waals surface area contributed by atoms with E-state index in [1.807, 2.05) is 0 Å². The smallest absolute Gasteiger partial charge is 0.269 e. The molecular weight excluding hydrogens is 343 g/mol. The summed E-state index contributed by atoms with van der Waals surface area (Å²) in [6, 6.07) is 12.4. The molecular formula is C18H17FN2O3S. The summed E-state index contributed by atoms with van der Waals surface area (Å²) in [5.74, 6) is -0.175. The number of hydrogen-bond acceptors (Lipinski definition) is 4. The second-order valence-electron chi connectivity index (χ2n) is 6.03. The van der Waals surface area contributed by atoms with E-state index < -0.39 is 10.5 Å². The van der Waals surface area contributed by atoms with Crippen molar-refractivity contribution in [1.29, 1.82) is 0 Å². The molecule has 0 aromatic heterocycles. The van der Waals surface area contributed by atoms with Crippen molar-refractivity contribution in [2.45, 2.75) is 29.7 Å². The quantitative estimate of drug-likeness (QED) is 0.480. The first kappa shape index (κ1) is 17.4. The Bertz CT molecular complexity index is 774. The van der Waals surface area contributed by atoms with Crippen LogP contribution in [0.4, 0.5) is 10.1 Å². The fourth-order valence-electron chi connectivity index (χ4n) is 2.90. The Morgan fingerprint density at radius 1 is 1.16 bits per heavy atom. The second-order valence-corrected chi connectivity index (χ2v) is 7.08. The summed E-state index contributed by atoms with van der Waals surface area (Å²) >= 11 is 1.33. The summed E-state index contributed by atoms with van der Waals surface area (Å²) in [5, 5.41) is 13.7. The summed E-state index contributed by atoms with van der Waals surface area (Å²) in [6.07, 6.45) is 2.70. The minimum Gasteiger partial charge on any atom is -0.346 e. The first-order chi connectivity index (χ1) is 12.0. The molecule has 0 bridgehead atoms. The van der Waals surface area contributed by atoms with Crippen LogP contribution in [0.15, 0.2) is 53.4 Å². The summed E-state index contributed by atoms with van der Waals surface area (Å²) in [7, 11) is 0. The van der Waals surface area contributed by atoms with E-state index in [1.165, 1.54) is 36.0 Å². The second kappa shape index (κ2) is 7.23. The van der Waals surface area contributed by atoms with E-state index in [-0.39, 0.29) is 23.2 Å². The molecule has 2 aromatic carbocycles. The third kappa shape index (κ3) is 3.99. The predicted octanol–water partition coefficient (Wildman–Crippen LogP) is 4.02. The highest BCUT2D eigenvalue weighted by Gasteiger charge is 2.39. The third-order valence-corrected chi connectivity index (χ3v) is 5.41. The average molecular weight is 360 g/mol. The van der Waals surface area contributed by atoms with Gasteiger partial charge in [0, 0.05) is 17.0 Å². The van der Waals surface area contributed by atoms with Crippen molar-refractivity contribution < 1.29 is 14.1 Å². The lowest BCUT2D eigenvalue weighted by Gasteiger charge is -2.43. The van der Waals surface area contributed by atoms with Gasteiger partial charge in [0.05, 0.1) is 16.2 Å². The molecule has 0 heterocycles. The number of carbonyl (C=O) groups is 1. The number of hydrogen-bond donors (Lipinski definition) is 1. The molecule has 1 saturated carbocycles. The van der Waals surface area contributed by atoms with Crippen LogP contribution in [0.5, 0.6) is 0 Å². The standard InChI is InChI=1S/C18H17FN2O3S/c19-14-4-2-13(3-5-14)18(10-1-11-18)20-17(22)12-25-16-8-6-15(7-9-16)21(23)24/h2-9H,1,10-12H2,(H,20,22). The maximum absolute atomic E-state index is 13.1. The normalized spacial score (nSPS) is 15.2. The monoisotopic (exact) mass is 360 g/mol. The van der Waals surface area contributed by atoms with Crippen LogP contribution in [0.1, 0.15) is 24.8 Å². The number of carbonyl (C=O) groups excluding carboxylic acids is 1. The molecule has 7 heteroatoms. The SMILES string of the molecule is O=C(CSc1ccc([N+](=O)[O-])cc1)NC1(c2ccc(F)cc2)CCC1. The van der Waals surface area contributed by atoms with E-state index >= 15 is 0 Å². The van der Waals surface area contributed by atoms with Gasteiger partial charge in [0.1, 0.15) is 5.82 Å². The van der Waals surface area contributed by atoms with Gasteiger partial charge in [-0.25, -0.2) is 4.39 Å². The van der Waals surface area contributed by atoms with Crippen molar-refractivity contribution in [1.82, 2.24) is 5.32 Å². The molecule has 2 aromatic rings. The van der Waals surface area contributed by atoms with E-state index in [9.17, 15) is 19.3 Å². The van der Waals surface area contributed by atoms with Crippen molar-refractivity contribution in [3.8, 4) is 0 Å². The van der Waals surface area contributed by atoms with Crippen molar-refractivity contribution in [2.75, 3.05) is 5.75 Å². The molecule has 130 valence electrons. The highest BCUT2D eigenvalue weighted by atomic mass is 32.2. The number of nitrogens with zero attached hydrogens (tertiary/aromatic N) is 1. The number of nitro benzene ring substituents is 1. The number of rotatable bonds is 6. The number of non-ortho nitro benzene ring substituents is 1. The average Bonchev–Trinajstić information content (AvgIpc) is 2.57. The first-order valence-electron chi connectivity index (χ1n) is 7.93. The molecule has 0 aliphatic heterocycles. The fraction of sp³-hybridized carbons (Fsp3) is 0.278. The van der Waals surface area contributed by atoms with E-state index in [0.29, 0.717) is 0 Å². The number of nitrogens with one attached hydrogen (secondary N) is 1. The molecule has 1 amide bonds. The maximum atomic E-state index is 13.1. The molecule has 25 heavy (non-hydrogen) atoms. The van der Waals surface area contributed by atoms with Gasteiger partial charge in [-0.05, 0) is 49.1 Å². The van der Waals surface area contributed by atoms with Gasteiger partial charge in [0.15, 0.2) is 0 Å². The number of halogens is 1. The minimum atomic E-state index is -0.454. The van der Waals surface area contributed by atoms with Crippen LogP contribution in [0.3, 0.4) is 0 Å². The molecule has 5 nitrogen and oxygen atoms in total. The van der Waals surface area contributed by atoms with Crippen molar-refractivity contribution in [3.05, 3.63) is 70.0 Å². The summed E-state index contributed by atoms with van der Waals surface area (Å²) < 4.78 is 13.1. The van der Waals surface area contributed by atoms with Crippen LogP contribution in [-0.2, 0) is 10.3 Å². The summed E-state index contributed by atoms with van der Waals surface area (Å²) in [4.78, 5) is 23.3.